The fourth-order valence-electron chi connectivity index (χ4n) is 1.97. The Hall–Kier alpha value is -0.0400. The summed E-state index contributed by atoms with van der Waals surface area (Å²) in [6.07, 6.45) is 7.01. The standard InChI is InChI=1S/C9H19N/c1-4-6-9(10(2)3)7-5-8-9/h4-8H2,1-3H3. The second kappa shape index (κ2) is 2.91. The van der Waals surface area contributed by atoms with Crippen molar-refractivity contribution in [3.63, 3.8) is 0 Å². The lowest BCUT2D eigenvalue weighted by atomic mass is 9.73. The zero-order valence-corrected chi connectivity index (χ0v) is 7.48. The first-order valence-electron chi connectivity index (χ1n) is 4.39. The van der Waals surface area contributed by atoms with Crippen molar-refractivity contribution in [3.05, 3.63) is 0 Å². The lowest BCUT2D eigenvalue weighted by molar-refractivity contribution is 0.0506. The summed E-state index contributed by atoms with van der Waals surface area (Å²) in [6, 6.07) is 0. The Kier molecular flexibility index (Phi) is 2.35. The van der Waals surface area contributed by atoms with Crippen molar-refractivity contribution >= 4 is 0 Å². The second-order valence-corrected chi connectivity index (χ2v) is 3.72. The number of hydrogen-bond donors (Lipinski definition) is 0. The van der Waals surface area contributed by atoms with Crippen LogP contribution in [0.25, 0.3) is 0 Å². The quantitative estimate of drug-likeness (QED) is 0.583. The van der Waals surface area contributed by atoms with Crippen molar-refractivity contribution in [1.29, 1.82) is 0 Å². The van der Waals surface area contributed by atoms with Gasteiger partial charge in [0.2, 0.25) is 0 Å². The highest BCUT2D eigenvalue weighted by Crippen LogP contribution is 2.39. The van der Waals surface area contributed by atoms with E-state index in [2.05, 4.69) is 25.9 Å². The van der Waals surface area contributed by atoms with Gasteiger partial charge in [-0.3, -0.25) is 0 Å². The SMILES string of the molecule is CCCC1(N(C)C)CCC1. The molecule has 1 aliphatic carbocycles. The minimum atomic E-state index is 0.606. The number of hydrogen-bond acceptors (Lipinski definition) is 1. The minimum absolute atomic E-state index is 0.606. The van der Waals surface area contributed by atoms with E-state index < -0.39 is 0 Å². The summed E-state index contributed by atoms with van der Waals surface area (Å²) in [5, 5.41) is 0. The van der Waals surface area contributed by atoms with Gasteiger partial charge in [0, 0.05) is 5.54 Å². The third-order valence-electron chi connectivity index (χ3n) is 2.95. The molecule has 0 unspecified atom stereocenters. The Morgan fingerprint density at radius 3 is 2.00 bits per heavy atom. The molecule has 1 nitrogen and oxygen atoms in total. The van der Waals surface area contributed by atoms with Gasteiger partial charge in [0.05, 0.1) is 0 Å². The summed E-state index contributed by atoms with van der Waals surface area (Å²) < 4.78 is 0. The summed E-state index contributed by atoms with van der Waals surface area (Å²) in [5.74, 6) is 0. The van der Waals surface area contributed by atoms with Crippen molar-refractivity contribution in [2.45, 2.75) is 44.6 Å². The molecule has 1 heteroatoms. The molecule has 10 heavy (non-hydrogen) atoms. The van der Waals surface area contributed by atoms with Crippen molar-refractivity contribution < 1.29 is 0 Å². The van der Waals surface area contributed by atoms with Crippen LogP contribution < -0.4 is 0 Å². The maximum absolute atomic E-state index is 2.42. The maximum atomic E-state index is 2.42. The molecule has 0 aliphatic heterocycles. The molecule has 0 heterocycles. The molecule has 0 spiro atoms. The summed E-state index contributed by atoms with van der Waals surface area (Å²) >= 11 is 0. The topological polar surface area (TPSA) is 3.24 Å². The van der Waals surface area contributed by atoms with Crippen LogP contribution in [-0.4, -0.2) is 24.5 Å². The zero-order valence-electron chi connectivity index (χ0n) is 7.48. The predicted molar refractivity (Wildman–Crippen MR) is 45.2 cm³/mol. The number of rotatable bonds is 3. The Morgan fingerprint density at radius 2 is 1.90 bits per heavy atom. The minimum Gasteiger partial charge on any atom is -0.304 e. The average molecular weight is 141 g/mol. The van der Waals surface area contributed by atoms with Gasteiger partial charge in [0.15, 0.2) is 0 Å². The van der Waals surface area contributed by atoms with Crippen molar-refractivity contribution in [3.8, 4) is 0 Å². The molecule has 0 radical (unpaired) electrons. The van der Waals surface area contributed by atoms with Gasteiger partial charge in [-0.05, 0) is 39.8 Å². The summed E-state index contributed by atoms with van der Waals surface area (Å²) in [4.78, 5) is 2.42. The lowest BCUT2D eigenvalue weighted by Crippen LogP contribution is -2.49. The molecule has 0 saturated heterocycles. The fraction of sp³-hybridized carbons (Fsp3) is 1.00. The molecule has 0 aromatic carbocycles. The van der Waals surface area contributed by atoms with Crippen LogP contribution in [0, 0.1) is 0 Å². The Morgan fingerprint density at radius 1 is 1.30 bits per heavy atom. The predicted octanol–water partition coefficient (Wildman–Crippen LogP) is 2.27. The van der Waals surface area contributed by atoms with E-state index in [-0.39, 0.29) is 0 Å². The third kappa shape index (κ3) is 1.20. The van der Waals surface area contributed by atoms with Gasteiger partial charge in [0.25, 0.3) is 0 Å². The van der Waals surface area contributed by atoms with Gasteiger partial charge in [-0.2, -0.15) is 0 Å². The van der Waals surface area contributed by atoms with E-state index in [0.717, 1.165) is 0 Å². The second-order valence-electron chi connectivity index (χ2n) is 3.72. The molecule has 1 fully saturated rings. The maximum Gasteiger partial charge on any atom is 0.0203 e. The van der Waals surface area contributed by atoms with Crippen LogP contribution in [0.2, 0.25) is 0 Å². The normalized spacial score (nSPS) is 22.8. The first kappa shape index (κ1) is 8.06. The van der Waals surface area contributed by atoms with Crippen LogP contribution in [0.5, 0.6) is 0 Å². The van der Waals surface area contributed by atoms with E-state index >= 15 is 0 Å². The summed E-state index contributed by atoms with van der Waals surface area (Å²) in [6.45, 7) is 2.28. The van der Waals surface area contributed by atoms with Crippen LogP contribution in [0.15, 0.2) is 0 Å². The van der Waals surface area contributed by atoms with Gasteiger partial charge in [-0.1, -0.05) is 13.3 Å². The van der Waals surface area contributed by atoms with Gasteiger partial charge in [-0.25, -0.2) is 0 Å². The van der Waals surface area contributed by atoms with Crippen LogP contribution in [0.3, 0.4) is 0 Å². The molecular weight excluding hydrogens is 122 g/mol. The smallest absolute Gasteiger partial charge is 0.0203 e. The molecule has 0 bridgehead atoms. The van der Waals surface area contributed by atoms with Gasteiger partial charge < -0.3 is 4.90 Å². The lowest BCUT2D eigenvalue weighted by Gasteiger charge is -2.47. The molecule has 0 aromatic heterocycles. The highest BCUT2D eigenvalue weighted by Gasteiger charge is 2.37. The van der Waals surface area contributed by atoms with Gasteiger partial charge >= 0.3 is 0 Å². The van der Waals surface area contributed by atoms with Crippen molar-refractivity contribution in [2.24, 2.45) is 0 Å². The molecule has 60 valence electrons. The Bertz CT molecular complexity index is 103. The Balaban J connectivity index is 2.42. The molecular formula is C9H19N. The van der Waals surface area contributed by atoms with Crippen LogP contribution in [0.4, 0.5) is 0 Å². The fourth-order valence-corrected chi connectivity index (χ4v) is 1.97. The summed E-state index contributed by atoms with van der Waals surface area (Å²) in [5.41, 5.74) is 0.606. The van der Waals surface area contributed by atoms with E-state index in [1.165, 1.54) is 32.1 Å². The van der Waals surface area contributed by atoms with E-state index in [9.17, 15) is 0 Å². The van der Waals surface area contributed by atoms with E-state index in [4.69, 9.17) is 0 Å². The van der Waals surface area contributed by atoms with E-state index in [1.54, 1.807) is 0 Å². The average Bonchev–Trinajstić information content (AvgIpc) is 1.77. The third-order valence-corrected chi connectivity index (χ3v) is 2.95. The van der Waals surface area contributed by atoms with Crippen molar-refractivity contribution in [1.82, 2.24) is 4.90 Å². The first-order chi connectivity index (χ1) is 4.71. The van der Waals surface area contributed by atoms with Gasteiger partial charge in [0.1, 0.15) is 0 Å². The molecule has 1 saturated carbocycles. The van der Waals surface area contributed by atoms with E-state index in [0.29, 0.717) is 5.54 Å². The Labute approximate surface area is 64.4 Å². The molecule has 1 aliphatic rings. The molecule has 0 N–H and O–H groups in total. The summed E-state index contributed by atoms with van der Waals surface area (Å²) in [7, 11) is 4.43. The van der Waals surface area contributed by atoms with Gasteiger partial charge in [-0.15, -0.1) is 0 Å². The molecule has 0 atom stereocenters. The van der Waals surface area contributed by atoms with Crippen LogP contribution >= 0.6 is 0 Å². The monoisotopic (exact) mass is 141 g/mol. The molecule has 0 amide bonds. The highest BCUT2D eigenvalue weighted by molar-refractivity contribution is 4.94. The molecule has 1 rings (SSSR count). The molecule has 0 aromatic rings. The first-order valence-corrected chi connectivity index (χ1v) is 4.39. The van der Waals surface area contributed by atoms with Crippen LogP contribution in [-0.2, 0) is 0 Å². The zero-order chi connectivity index (χ0) is 7.61. The number of nitrogens with zero attached hydrogens (tertiary/aromatic N) is 1. The van der Waals surface area contributed by atoms with Crippen LogP contribution in [0.1, 0.15) is 39.0 Å². The van der Waals surface area contributed by atoms with E-state index in [1.807, 2.05) is 0 Å². The highest BCUT2D eigenvalue weighted by atomic mass is 15.2. The van der Waals surface area contributed by atoms with Crippen molar-refractivity contribution in [2.75, 3.05) is 14.1 Å². The largest absolute Gasteiger partial charge is 0.304 e.